The number of benzene rings is 1. The lowest BCUT2D eigenvalue weighted by atomic mass is 10.1. The van der Waals surface area contributed by atoms with Gasteiger partial charge in [0.2, 0.25) is 21.8 Å². The van der Waals surface area contributed by atoms with E-state index in [2.05, 4.69) is 5.32 Å². The zero-order valence-corrected chi connectivity index (χ0v) is 15.6. The molecule has 1 atom stereocenters. The van der Waals surface area contributed by atoms with Gasteiger partial charge in [-0.15, -0.1) is 0 Å². The van der Waals surface area contributed by atoms with E-state index in [4.69, 9.17) is 0 Å². The van der Waals surface area contributed by atoms with Crippen LogP contribution in [0.15, 0.2) is 24.3 Å². The number of rotatable bonds is 8. The second kappa shape index (κ2) is 8.91. The molecule has 1 rings (SSSR count). The summed E-state index contributed by atoms with van der Waals surface area (Å²) in [5, 5.41) is 2.63. The number of sulfonamides is 1. The van der Waals surface area contributed by atoms with Crippen molar-refractivity contribution in [3.63, 3.8) is 0 Å². The van der Waals surface area contributed by atoms with E-state index in [1.54, 1.807) is 13.8 Å². The van der Waals surface area contributed by atoms with Crippen LogP contribution in [0.1, 0.15) is 19.4 Å². The number of carbonyl (C=O) groups is 2. The fourth-order valence-electron chi connectivity index (χ4n) is 2.09. The van der Waals surface area contributed by atoms with Gasteiger partial charge < -0.3 is 10.2 Å². The number of carbonyl (C=O) groups excluding carboxylic acids is 2. The first-order valence-electron chi connectivity index (χ1n) is 7.79. The summed E-state index contributed by atoms with van der Waals surface area (Å²) in [6, 6.07) is 4.75. The van der Waals surface area contributed by atoms with E-state index >= 15 is 0 Å². The molecule has 1 aromatic rings. The highest BCUT2D eigenvalue weighted by atomic mass is 32.2. The lowest BCUT2D eigenvalue weighted by Crippen LogP contribution is -2.50. The van der Waals surface area contributed by atoms with Crippen LogP contribution >= 0.6 is 0 Å². The van der Waals surface area contributed by atoms with E-state index in [1.165, 1.54) is 36.2 Å². The summed E-state index contributed by atoms with van der Waals surface area (Å²) in [6.45, 7) is 3.41. The average Bonchev–Trinajstić information content (AvgIpc) is 2.52. The Labute approximate surface area is 147 Å². The molecule has 0 unspecified atom stereocenters. The monoisotopic (exact) mass is 373 g/mol. The van der Waals surface area contributed by atoms with Crippen LogP contribution in [0, 0.1) is 5.82 Å². The fourth-order valence-corrected chi connectivity index (χ4v) is 2.43. The maximum atomic E-state index is 13.1. The van der Waals surface area contributed by atoms with Crippen molar-refractivity contribution in [2.45, 2.75) is 26.4 Å². The number of nitrogens with one attached hydrogen (secondary N) is 1. The standard InChI is InChI=1S/C16H24FN3O4S/c1-5-18-16(22)12(2)20(10-13-6-8-14(17)9-7-13)15(21)11-19(3)25(4,23)24/h6-9,12H,5,10-11H2,1-4H3,(H,18,22)/t12-/m0/s1. The predicted molar refractivity (Wildman–Crippen MR) is 92.6 cm³/mol. The van der Waals surface area contributed by atoms with Gasteiger partial charge in [0.25, 0.3) is 0 Å². The van der Waals surface area contributed by atoms with Gasteiger partial charge in [-0.3, -0.25) is 9.59 Å². The van der Waals surface area contributed by atoms with Crippen LogP contribution in [0.25, 0.3) is 0 Å². The summed E-state index contributed by atoms with van der Waals surface area (Å²) < 4.78 is 37.0. The van der Waals surface area contributed by atoms with E-state index in [0.29, 0.717) is 12.1 Å². The van der Waals surface area contributed by atoms with Gasteiger partial charge in [-0.25, -0.2) is 12.8 Å². The van der Waals surface area contributed by atoms with Gasteiger partial charge in [0, 0.05) is 20.1 Å². The highest BCUT2D eigenvalue weighted by molar-refractivity contribution is 7.88. The molecule has 0 radical (unpaired) electrons. The Morgan fingerprint density at radius 1 is 1.24 bits per heavy atom. The van der Waals surface area contributed by atoms with E-state index in [1.807, 2.05) is 0 Å². The second-order valence-corrected chi connectivity index (χ2v) is 7.83. The molecule has 9 heteroatoms. The smallest absolute Gasteiger partial charge is 0.242 e. The molecular formula is C16H24FN3O4S. The van der Waals surface area contributed by atoms with E-state index < -0.39 is 27.8 Å². The molecule has 0 aliphatic rings. The molecule has 1 aromatic carbocycles. The molecule has 140 valence electrons. The van der Waals surface area contributed by atoms with Gasteiger partial charge in [-0.05, 0) is 31.5 Å². The highest BCUT2D eigenvalue weighted by Crippen LogP contribution is 2.11. The van der Waals surface area contributed by atoms with Crippen molar-refractivity contribution >= 4 is 21.8 Å². The van der Waals surface area contributed by atoms with Gasteiger partial charge in [-0.1, -0.05) is 12.1 Å². The van der Waals surface area contributed by atoms with Crippen LogP contribution in [-0.2, 0) is 26.2 Å². The molecule has 0 fully saturated rings. The molecule has 1 N–H and O–H groups in total. The summed E-state index contributed by atoms with van der Waals surface area (Å²) in [5.74, 6) is -1.27. The Hall–Kier alpha value is -2.00. The lowest BCUT2D eigenvalue weighted by molar-refractivity contribution is -0.140. The minimum atomic E-state index is -3.53. The van der Waals surface area contributed by atoms with Gasteiger partial charge in [-0.2, -0.15) is 4.31 Å². The number of hydrogen-bond acceptors (Lipinski definition) is 4. The molecule has 0 bridgehead atoms. The third kappa shape index (κ3) is 6.43. The summed E-state index contributed by atoms with van der Waals surface area (Å²) in [7, 11) is -2.24. The zero-order chi connectivity index (χ0) is 19.2. The lowest BCUT2D eigenvalue weighted by Gasteiger charge is -2.30. The molecular weight excluding hydrogens is 349 g/mol. The minimum absolute atomic E-state index is 0.0645. The first-order chi connectivity index (χ1) is 11.6. The number of halogens is 1. The number of hydrogen-bond donors (Lipinski definition) is 1. The molecule has 0 saturated heterocycles. The molecule has 0 aliphatic carbocycles. The number of amides is 2. The first-order valence-corrected chi connectivity index (χ1v) is 9.64. The van der Waals surface area contributed by atoms with Crippen molar-refractivity contribution in [2.75, 3.05) is 26.4 Å². The van der Waals surface area contributed by atoms with Crippen LogP contribution in [-0.4, -0.2) is 61.9 Å². The van der Waals surface area contributed by atoms with E-state index in [0.717, 1.165) is 10.6 Å². The van der Waals surface area contributed by atoms with E-state index in [9.17, 15) is 22.4 Å². The van der Waals surface area contributed by atoms with Crippen molar-refractivity contribution in [3.05, 3.63) is 35.6 Å². The quantitative estimate of drug-likeness (QED) is 0.722. The Morgan fingerprint density at radius 3 is 2.28 bits per heavy atom. The topological polar surface area (TPSA) is 86.8 Å². The summed E-state index contributed by atoms with van der Waals surface area (Å²) >= 11 is 0. The van der Waals surface area contributed by atoms with Gasteiger partial charge in [0.05, 0.1) is 12.8 Å². The Kier molecular flexibility index (Phi) is 7.50. The Balaban J connectivity index is 3.02. The number of likely N-dealkylation sites (N-methyl/N-ethyl adjacent to an activating group) is 2. The third-order valence-electron chi connectivity index (χ3n) is 3.71. The fraction of sp³-hybridized carbons (Fsp3) is 0.500. The molecule has 0 spiro atoms. The third-order valence-corrected chi connectivity index (χ3v) is 4.97. The largest absolute Gasteiger partial charge is 0.355 e. The minimum Gasteiger partial charge on any atom is -0.355 e. The van der Waals surface area contributed by atoms with E-state index in [-0.39, 0.29) is 19.0 Å². The van der Waals surface area contributed by atoms with Crippen molar-refractivity contribution in [3.8, 4) is 0 Å². The maximum Gasteiger partial charge on any atom is 0.242 e. The van der Waals surface area contributed by atoms with Gasteiger partial charge in [0.1, 0.15) is 11.9 Å². The van der Waals surface area contributed by atoms with Crippen LogP contribution in [0.3, 0.4) is 0 Å². The highest BCUT2D eigenvalue weighted by Gasteiger charge is 2.28. The first kappa shape index (κ1) is 21.0. The van der Waals surface area contributed by atoms with Crippen LogP contribution in [0.2, 0.25) is 0 Å². The molecule has 0 aromatic heterocycles. The Bertz CT molecular complexity index is 707. The van der Waals surface area contributed by atoms with Crippen molar-refractivity contribution < 1.29 is 22.4 Å². The van der Waals surface area contributed by atoms with Gasteiger partial charge >= 0.3 is 0 Å². The Morgan fingerprint density at radius 2 is 1.80 bits per heavy atom. The number of nitrogens with zero attached hydrogens (tertiary/aromatic N) is 2. The van der Waals surface area contributed by atoms with Gasteiger partial charge in [0.15, 0.2) is 0 Å². The zero-order valence-electron chi connectivity index (χ0n) is 14.8. The normalized spacial score (nSPS) is 12.7. The molecule has 7 nitrogen and oxygen atoms in total. The molecule has 2 amide bonds. The van der Waals surface area contributed by atoms with Crippen molar-refractivity contribution in [1.29, 1.82) is 0 Å². The average molecular weight is 373 g/mol. The molecule has 0 saturated carbocycles. The predicted octanol–water partition coefficient (Wildman–Crippen LogP) is 0.570. The second-order valence-electron chi connectivity index (χ2n) is 5.74. The molecule has 25 heavy (non-hydrogen) atoms. The van der Waals surface area contributed by atoms with Crippen molar-refractivity contribution in [1.82, 2.24) is 14.5 Å². The summed E-state index contributed by atoms with van der Waals surface area (Å²) in [4.78, 5) is 26.0. The van der Waals surface area contributed by atoms with Crippen LogP contribution in [0.5, 0.6) is 0 Å². The van der Waals surface area contributed by atoms with Crippen LogP contribution in [0.4, 0.5) is 4.39 Å². The maximum absolute atomic E-state index is 13.1. The SMILES string of the molecule is CCNC(=O)[C@H](C)N(Cc1ccc(F)cc1)C(=O)CN(C)S(C)(=O)=O. The van der Waals surface area contributed by atoms with Crippen LogP contribution < -0.4 is 5.32 Å². The summed E-state index contributed by atoms with van der Waals surface area (Å²) in [5.41, 5.74) is 0.632. The molecule has 0 aliphatic heterocycles. The molecule has 0 heterocycles. The summed E-state index contributed by atoms with van der Waals surface area (Å²) in [6.07, 6.45) is 0.998. The van der Waals surface area contributed by atoms with Crippen molar-refractivity contribution in [2.24, 2.45) is 0 Å².